The van der Waals surface area contributed by atoms with E-state index in [1.807, 2.05) is 6.92 Å². The Hall–Kier alpha value is -0.390. The molecule has 1 aromatic rings. The van der Waals surface area contributed by atoms with Gasteiger partial charge in [-0.1, -0.05) is 0 Å². The summed E-state index contributed by atoms with van der Waals surface area (Å²) in [4.78, 5) is 15.9. The predicted octanol–water partition coefficient (Wildman–Crippen LogP) is 3.11. The van der Waals surface area contributed by atoms with Crippen LogP contribution in [0.25, 0.3) is 0 Å². The number of carboxylic acids is 1. The van der Waals surface area contributed by atoms with E-state index in [1.54, 1.807) is 11.3 Å². The van der Waals surface area contributed by atoms with E-state index >= 15 is 0 Å². The lowest BCUT2D eigenvalue weighted by atomic mass is 10.0. The molecule has 5 heteroatoms. The second-order valence-electron chi connectivity index (χ2n) is 4.56. The van der Waals surface area contributed by atoms with E-state index in [0.717, 1.165) is 24.0 Å². The van der Waals surface area contributed by atoms with Crippen LogP contribution in [0.5, 0.6) is 0 Å². The number of likely N-dealkylation sites (tertiary alicyclic amines) is 1. The fraction of sp³-hybridized carbons (Fsp3) is 0.583. The molecular weight excluding hydrogens is 302 g/mol. The minimum absolute atomic E-state index is 0.133. The van der Waals surface area contributed by atoms with Gasteiger partial charge in [0.2, 0.25) is 0 Å². The number of aliphatic carboxylic acids is 1. The van der Waals surface area contributed by atoms with Crippen molar-refractivity contribution in [2.24, 2.45) is 5.92 Å². The molecule has 0 amide bonds. The first-order valence-electron chi connectivity index (χ1n) is 5.70. The van der Waals surface area contributed by atoms with Crippen LogP contribution in [0.3, 0.4) is 0 Å². The largest absolute Gasteiger partial charge is 0.481 e. The summed E-state index contributed by atoms with van der Waals surface area (Å²) >= 11 is 5.29. The summed E-state index contributed by atoms with van der Waals surface area (Å²) in [6.07, 6.45) is 0.766. The monoisotopic (exact) mass is 317 g/mol. The van der Waals surface area contributed by atoms with Crippen molar-refractivity contribution < 1.29 is 9.90 Å². The molecule has 2 atom stereocenters. The molecule has 0 aliphatic carbocycles. The molecule has 17 heavy (non-hydrogen) atoms. The van der Waals surface area contributed by atoms with Crippen LogP contribution in [0.4, 0.5) is 0 Å². The highest BCUT2D eigenvalue weighted by Crippen LogP contribution is 2.31. The summed E-state index contributed by atoms with van der Waals surface area (Å²) in [6.45, 7) is 5.85. The summed E-state index contributed by atoms with van der Waals surface area (Å²) in [7, 11) is 0. The van der Waals surface area contributed by atoms with Crippen molar-refractivity contribution in [2.45, 2.75) is 32.9 Å². The Bertz CT molecular complexity index is 413. The molecule has 1 N–H and O–H groups in total. The molecule has 94 valence electrons. The van der Waals surface area contributed by atoms with Crippen molar-refractivity contribution in [3.63, 3.8) is 0 Å². The van der Waals surface area contributed by atoms with Crippen LogP contribution in [0, 0.1) is 12.8 Å². The zero-order valence-electron chi connectivity index (χ0n) is 9.94. The van der Waals surface area contributed by atoms with E-state index in [1.165, 1.54) is 9.75 Å². The smallest absolute Gasteiger partial charge is 0.308 e. The van der Waals surface area contributed by atoms with Gasteiger partial charge in [0.15, 0.2) is 0 Å². The molecule has 1 saturated heterocycles. The molecular formula is C12H16BrNO2S. The molecule has 0 aromatic carbocycles. The van der Waals surface area contributed by atoms with Crippen molar-refractivity contribution in [1.29, 1.82) is 0 Å². The molecule has 0 saturated carbocycles. The predicted molar refractivity (Wildman–Crippen MR) is 72.4 cm³/mol. The van der Waals surface area contributed by atoms with E-state index in [4.69, 9.17) is 5.11 Å². The first-order valence-corrected chi connectivity index (χ1v) is 7.31. The highest BCUT2D eigenvalue weighted by atomic mass is 79.9. The number of aryl methyl sites for hydroxylation is 1. The van der Waals surface area contributed by atoms with Crippen LogP contribution in [0.15, 0.2) is 10.5 Å². The average Bonchev–Trinajstić information content (AvgIpc) is 2.74. The van der Waals surface area contributed by atoms with E-state index in [2.05, 4.69) is 33.8 Å². The first kappa shape index (κ1) is 13.1. The van der Waals surface area contributed by atoms with E-state index in [0.29, 0.717) is 0 Å². The number of thiophene rings is 1. The number of carboxylic acid groups (broad SMARTS) is 1. The highest BCUT2D eigenvalue weighted by Gasteiger charge is 2.35. The molecule has 0 bridgehead atoms. The summed E-state index contributed by atoms with van der Waals surface area (Å²) in [5.41, 5.74) is 0. The molecule has 0 spiro atoms. The Balaban J connectivity index is 2.03. The summed E-state index contributed by atoms with van der Waals surface area (Å²) < 4.78 is 1.15. The fourth-order valence-electron chi connectivity index (χ4n) is 2.35. The van der Waals surface area contributed by atoms with Gasteiger partial charge in [-0.2, -0.15) is 0 Å². The van der Waals surface area contributed by atoms with Crippen LogP contribution in [0.1, 0.15) is 23.1 Å². The first-order chi connectivity index (χ1) is 7.99. The Labute approximate surface area is 114 Å². The van der Waals surface area contributed by atoms with Gasteiger partial charge >= 0.3 is 5.97 Å². The minimum atomic E-state index is -0.663. The zero-order valence-corrected chi connectivity index (χ0v) is 12.3. The average molecular weight is 318 g/mol. The summed E-state index contributed by atoms with van der Waals surface area (Å²) in [6, 6.07) is 2.27. The third-order valence-corrected chi connectivity index (χ3v) is 5.59. The van der Waals surface area contributed by atoms with Gasteiger partial charge in [0.05, 0.1) is 5.92 Å². The molecule has 3 nitrogen and oxygen atoms in total. The van der Waals surface area contributed by atoms with Crippen LogP contribution in [-0.4, -0.2) is 28.6 Å². The van der Waals surface area contributed by atoms with E-state index in [-0.39, 0.29) is 12.0 Å². The number of hydrogen-bond donors (Lipinski definition) is 1. The fourth-order valence-corrected chi connectivity index (χ4v) is 3.98. The van der Waals surface area contributed by atoms with E-state index < -0.39 is 5.97 Å². The van der Waals surface area contributed by atoms with Gasteiger partial charge in [0, 0.05) is 26.8 Å². The minimum Gasteiger partial charge on any atom is -0.481 e. The summed E-state index contributed by atoms with van der Waals surface area (Å²) in [5.74, 6) is -0.872. The van der Waals surface area contributed by atoms with Crippen molar-refractivity contribution >= 4 is 33.2 Å². The van der Waals surface area contributed by atoms with Crippen LogP contribution < -0.4 is 0 Å². The lowest BCUT2D eigenvalue weighted by Gasteiger charge is -2.22. The van der Waals surface area contributed by atoms with Crippen molar-refractivity contribution in [1.82, 2.24) is 4.90 Å². The lowest BCUT2D eigenvalue weighted by Crippen LogP contribution is -2.32. The normalized spacial score (nSPS) is 25.4. The van der Waals surface area contributed by atoms with Crippen LogP contribution in [0.2, 0.25) is 0 Å². The Morgan fingerprint density at radius 1 is 1.71 bits per heavy atom. The number of nitrogens with zero attached hydrogens (tertiary/aromatic N) is 1. The molecule has 1 aromatic heterocycles. The topological polar surface area (TPSA) is 40.5 Å². The van der Waals surface area contributed by atoms with Crippen LogP contribution >= 0.6 is 27.3 Å². The maximum absolute atomic E-state index is 11.0. The molecule has 2 unspecified atom stereocenters. The zero-order chi connectivity index (χ0) is 12.6. The number of rotatable bonds is 3. The quantitative estimate of drug-likeness (QED) is 0.931. The Morgan fingerprint density at radius 2 is 2.41 bits per heavy atom. The maximum atomic E-state index is 11.0. The molecule has 1 aliphatic heterocycles. The number of carbonyl (C=O) groups is 1. The third-order valence-electron chi connectivity index (χ3n) is 3.47. The van der Waals surface area contributed by atoms with Crippen molar-refractivity contribution in [3.8, 4) is 0 Å². The van der Waals surface area contributed by atoms with Gasteiger partial charge in [-0.15, -0.1) is 11.3 Å². The Kier molecular flexibility index (Phi) is 3.90. The highest BCUT2D eigenvalue weighted by molar-refractivity contribution is 9.10. The van der Waals surface area contributed by atoms with Gasteiger partial charge in [-0.3, -0.25) is 9.69 Å². The number of halogens is 1. The molecule has 1 fully saturated rings. The van der Waals surface area contributed by atoms with Gasteiger partial charge < -0.3 is 5.11 Å². The van der Waals surface area contributed by atoms with Gasteiger partial charge in [0.1, 0.15) is 0 Å². The summed E-state index contributed by atoms with van der Waals surface area (Å²) in [5, 5.41) is 9.08. The lowest BCUT2D eigenvalue weighted by molar-refractivity contribution is -0.142. The van der Waals surface area contributed by atoms with Crippen molar-refractivity contribution in [2.75, 3.05) is 6.54 Å². The Morgan fingerprint density at radius 3 is 2.88 bits per heavy atom. The van der Waals surface area contributed by atoms with Gasteiger partial charge in [-0.25, -0.2) is 0 Å². The molecule has 1 aliphatic rings. The second kappa shape index (κ2) is 5.08. The third kappa shape index (κ3) is 2.72. The standard InChI is InChI=1S/C12H16BrNO2S/c1-7-10(12(15)16)3-4-14(7)6-9-5-11(13)8(2)17-9/h5,7,10H,3-4,6H2,1-2H3,(H,15,16). The maximum Gasteiger partial charge on any atom is 0.308 e. The number of hydrogen-bond acceptors (Lipinski definition) is 3. The second-order valence-corrected chi connectivity index (χ2v) is 6.76. The SMILES string of the molecule is Cc1sc(CN2CCC(C(=O)O)C2C)cc1Br. The molecule has 2 heterocycles. The van der Waals surface area contributed by atoms with Gasteiger partial charge in [-0.05, 0) is 48.8 Å². The van der Waals surface area contributed by atoms with Gasteiger partial charge in [0.25, 0.3) is 0 Å². The molecule has 0 radical (unpaired) electrons. The molecule has 2 rings (SSSR count). The van der Waals surface area contributed by atoms with Crippen LogP contribution in [-0.2, 0) is 11.3 Å². The van der Waals surface area contributed by atoms with Crippen molar-refractivity contribution in [3.05, 3.63) is 20.3 Å². The van der Waals surface area contributed by atoms with E-state index in [9.17, 15) is 4.79 Å².